The number of ether oxygens (including phenoxy) is 14. The van der Waals surface area contributed by atoms with Crippen molar-refractivity contribution in [3.8, 4) is 0 Å². The van der Waals surface area contributed by atoms with Gasteiger partial charge < -0.3 is 76.5 Å². The molecule has 0 aliphatic carbocycles. The van der Waals surface area contributed by atoms with Crippen LogP contribution in [0.15, 0.2) is 0 Å². The van der Waals surface area contributed by atoms with Gasteiger partial charge in [0.05, 0.1) is 178 Å². The van der Waals surface area contributed by atoms with E-state index in [-0.39, 0.29) is 13.2 Å². The fourth-order valence-corrected chi connectivity index (χ4v) is 2.96. The molecular weight excluding hydrogens is 604 g/mol. The molecule has 0 fully saturated rings. The van der Waals surface area contributed by atoms with Crippen molar-refractivity contribution >= 4 is 0 Å². The molecule has 1 unspecified atom stereocenters. The Kier molecular flexibility index (Phi) is 40.8. The van der Waals surface area contributed by atoms with E-state index in [2.05, 4.69) is 4.74 Å². The van der Waals surface area contributed by atoms with Crippen LogP contribution in [0.4, 0.5) is 0 Å². The van der Waals surface area contributed by atoms with Gasteiger partial charge in [0.15, 0.2) is 6.29 Å². The quantitative estimate of drug-likeness (QED) is 0.0612. The van der Waals surface area contributed by atoms with Crippen molar-refractivity contribution in [3.05, 3.63) is 0 Å². The highest BCUT2D eigenvalue weighted by Gasteiger charge is 2.00. The van der Waals surface area contributed by atoms with Gasteiger partial charge in [0.1, 0.15) is 0 Å². The first-order valence-electron chi connectivity index (χ1n) is 15.6. The smallest absolute Gasteiger partial charge is 0.177 e. The van der Waals surface area contributed by atoms with Crippen LogP contribution in [0.1, 0.15) is 0 Å². The van der Waals surface area contributed by atoms with Crippen molar-refractivity contribution in [2.45, 2.75) is 6.29 Å². The predicted octanol–water partition coefficient (Wildman–Crippen LogP) is -0.841. The molecule has 0 aromatic carbocycles. The van der Waals surface area contributed by atoms with Crippen LogP contribution in [-0.4, -0.2) is 202 Å². The molecule has 2 N–H and O–H groups in total. The van der Waals surface area contributed by atoms with E-state index >= 15 is 0 Å². The standard InChI is InChI=1S/C29H60O16/c1-32-29(31)28-45-27-26-44-25-24-43-23-22-42-21-20-41-19-18-40-17-16-39-15-14-38-13-12-37-11-10-36-9-8-35-7-6-34-5-4-33-3-2-30/h29-31H,2-28H2,1H3. The van der Waals surface area contributed by atoms with E-state index in [1.54, 1.807) is 0 Å². The minimum absolute atomic E-state index is 0.0221. The highest BCUT2D eigenvalue weighted by molar-refractivity contribution is 4.40. The molecule has 16 nitrogen and oxygen atoms in total. The summed E-state index contributed by atoms with van der Waals surface area (Å²) in [5, 5.41) is 17.7. The Morgan fingerprint density at radius 2 is 0.489 bits per heavy atom. The van der Waals surface area contributed by atoms with Gasteiger partial charge in [-0.3, -0.25) is 0 Å². The summed E-state index contributed by atoms with van der Waals surface area (Å²) in [7, 11) is 1.41. The molecule has 0 aliphatic heterocycles. The Balaban J connectivity index is 3.04. The van der Waals surface area contributed by atoms with Crippen LogP contribution in [0, 0.1) is 0 Å². The Hall–Kier alpha value is -0.640. The van der Waals surface area contributed by atoms with Gasteiger partial charge in [0.25, 0.3) is 0 Å². The first-order valence-corrected chi connectivity index (χ1v) is 15.6. The molecule has 0 saturated carbocycles. The third-order valence-electron chi connectivity index (χ3n) is 5.23. The van der Waals surface area contributed by atoms with Gasteiger partial charge in [-0.15, -0.1) is 0 Å². The lowest BCUT2D eigenvalue weighted by Crippen LogP contribution is -2.19. The minimum Gasteiger partial charge on any atom is -0.394 e. The molecule has 0 aromatic heterocycles. The monoisotopic (exact) mass is 664 g/mol. The molecule has 0 rings (SSSR count). The molecule has 0 bridgehead atoms. The highest BCUT2D eigenvalue weighted by Crippen LogP contribution is 1.89. The summed E-state index contributed by atoms with van der Waals surface area (Å²) in [6.45, 7) is 12.1. The topological polar surface area (TPSA) is 170 Å². The molecule has 272 valence electrons. The van der Waals surface area contributed by atoms with Crippen molar-refractivity contribution in [1.29, 1.82) is 0 Å². The maximum Gasteiger partial charge on any atom is 0.177 e. The number of aliphatic hydroxyl groups is 2. The van der Waals surface area contributed by atoms with Crippen LogP contribution in [-0.2, 0) is 66.3 Å². The molecule has 16 heteroatoms. The lowest BCUT2D eigenvalue weighted by atomic mass is 10.6. The Morgan fingerprint density at radius 3 is 0.667 bits per heavy atom. The van der Waals surface area contributed by atoms with Crippen LogP contribution in [0.2, 0.25) is 0 Å². The third kappa shape index (κ3) is 41.3. The summed E-state index contributed by atoms with van der Waals surface area (Å²) in [6, 6.07) is 0. The first kappa shape index (κ1) is 44.4. The molecule has 0 aliphatic rings. The SMILES string of the molecule is COC(O)COCCOCCOCCOCCOCCOCCOCCOCCOCCOCCOCCOCCOCCO. The second-order valence-corrected chi connectivity index (χ2v) is 8.84. The van der Waals surface area contributed by atoms with Gasteiger partial charge >= 0.3 is 0 Å². The largest absolute Gasteiger partial charge is 0.394 e. The van der Waals surface area contributed by atoms with Crippen molar-refractivity contribution in [1.82, 2.24) is 0 Å². The molecule has 0 radical (unpaired) electrons. The van der Waals surface area contributed by atoms with E-state index in [1.807, 2.05) is 0 Å². The Bertz CT molecular complexity index is 523. The van der Waals surface area contributed by atoms with Gasteiger partial charge in [-0.05, 0) is 0 Å². The van der Waals surface area contributed by atoms with E-state index in [0.717, 1.165) is 0 Å². The minimum atomic E-state index is -0.904. The second-order valence-electron chi connectivity index (χ2n) is 8.84. The number of hydrogen-bond acceptors (Lipinski definition) is 16. The van der Waals surface area contributed by atoms with E-state index < -0.39 is 6.29 Å². The van der Waals surface area contributed by atoms with Crippen molar-refractivity contribution in [3.63, 3.8) is 0 Å². The van der Waals surface area contributed by atoms with Crippen LogP contribution in [0.5, 0.6) is 0 Å². The average molecular weight is 665 g/mol. The Labute approximate surface area is 268 Å². The van der Waals surface area contributed by atoms with Crippen molar-refractivity contribution < 1.29 is 76.5 Å². The lowest BCUT2D eigenvalue weighted by Gasteiger charge is -2.10. The first-order chi connectivity index (χ1) is 22.3. The molecular formula is C29H60O16. The summed E-state index contributed by atoms with van der Waals surface area (Å²) in [5.41, 5.74) is 0. The number of aliphatic hydroxyl groups excluding tert-OH is 2. The maximum absolute atomic E-state index is 9.14. The highest BCUT2D eigenvalue weighted by atomic mass is 16.6. The van der Waals surface area contributed by atoms with Crippen LogP contribution in [0.25, 0.3) is 0 Å². The van der Waals surface area contributed by atoms with E-state index in [1.165, 1.54) is 7.11 Å². The summed E-state index contributed by atoms with van der Waals surface area (Å²) in [6.07, 6.45) is -0.904. The van der Waals surface area contributed by atoms with Gasteiger partial charge in [0, 0.05) is 7.11 Å². The number of methoxy groups -OCH3 is 1. The number of hydrogen-bond donors (Lipinski definition) is 2. The maximum atomic E-state index is 9.14. The number of rotatable bonds is 41. The molecule has 0 spiro atoms. The predicted molar refractivity (Wildman–Crippen MR) is 161 cm³/mol. The van der Waals surface area contributed by atoms with E-state index in [4.69, 9.17) is 71.8 Å². The van der Waals surface area contributed by atoms with Crippen molar-refractivity contribution in [2.24, 2.45) is 0 Å². The van der Waals surface area contributed by atoms with Gasteiger partial charge in [0.2, 0.25) is 0 Å². The fraction of sp³-hybridized carbons (Fsp3) is 1.00. The van der Waals surface area contributed by atoms with Gasteiger partial charge in [-0.25, -0.2) is 0 Å². The summed E-state index contributed by atoms with van der Waals surface area (Å²) >= 11 is 0. The molecule has 45 heavy (non-hydrogen) atoms. The van der Waals surface area contributed by atoms with Crippen LogP contribution >= 0.6 is 0 Å². The molecule has 0 aromatic rings. The zero-order valence-corrected chi connectivity index (χ0v) is 27.3. The zero-order chi connectivity index (χ0) is 32.6. The second kappa shape index (κ2) is 41.4. The van der Waals surface area contributed by atoms with Crippen molar-refractivity contribution in [2.75, 3.05) is 185 Å². The molecule has 0 amide bonds. The third-order valence-corrected chi connectivity index (χ3v) is 5.23. The zero-order valence-electron chi connectivity index (χ0n) is 27.3. The summed E-state index contributed by atoms with van der Waals surface area (Å²) < 4.78 is 74.5. The van der Waals surface area contributed by atoms with Gasteiger partial charge in [-0.2, -0.15) is 0 Å². The molecule has 1 atom stereocenters. The summed E-state index contributed by atoms with van der Waals surface area (Å²) in [4.78, 5) is 0. The van der Waals surface area contributed by atoms with Gasteiger partial charge in [-0.1, -0.05) is 0 Å². The summed E-state index contributed by atoms with van der Waals surface area (Å²) in [5.74, 6) is 0. The normalized spacial score (nSPS) is 12.3. The van der Waals surface area contributed by atoms with E-state index in [9.17, 15) is 0 Å². The van der Waals surface area contributed by atoms with E-state index in [0.29, 0.717) is 165 Å². The van der Waals surface area contributed by atoms with Crippen LogP contribution < -0.4 is 0 Å². The lowest BCUT2D eigenvalue weighted by molar-refractivity contribution is -0.123. The Morgan fingerprint density at radius 1 is 0.311 bits per heavy atom. The van der Waals surface area contributed by atoms with Crippen LogP contribution in [0.3, 0.4) is 0 Å². The fourth-order valence-electron chi connectivity index (χ4n) is 2.96. The molecule has 0 saturated heterocycles. The molecule has 0 heterocycles. The average Bonchev–Trinajstić information content (AvgIpc) is 3.05.